The van der Waals surface area contributed by atoms with Gasteiger partial charge in [-0.2, -0.15) is 0 Å². The maximum absolute atomic E-state index is 12.3. The van der Waals surface area contributed by atoms with Crippen LogP contribution in [0.4, 0.5) is 11.4 Å². The van der Waals surface area contributed by atoms with Gasteiger partial charge in [-0.25, -0.2) is 0 Å². The normalized spacial score (nSPS) is 10.4. The van der Waals surface area contributed by atoms with Crippen LogP contribution in [0.5, 0.6) is 5.75 Å². The minimum absolute atomic E-state index is 0.0936. The molecule has 2 rings (SSSR count). The summed E-state index contributed by atoms with van der Waals surface area (Å²) >= 11 is 2.16. The van der Waals surface area contributed by atoms with E-state index in [4.69, 9.17) is 4.74 Å². The van der Waals surface area contributed by atoms with Crippen LogP contribution in [-0.2, 0) is 4.79 Å². The SMILES string of the molecule is COc1cc(NC(=O)c2cccc(I)c2)ccc1NC(=O)C(C)C. The second-order valence-corrected chi connectivity index (χ2v) is 6.77. The summed E-state index contributed by atoms with van der Waals surface area (Å²) in [5.41, 5.74) is 1.75. The molecule has 2 amide bonds. The molecule has 0 atom stereocenters. The van der Waals surface area contributed by atoms with Gasteiger partial charge in [-0.05, 0) is 52.9 Å². The van der Waals surface area contributed by atoms with Gasteiger partial charge in [-0.1, -0.05) is 19.9 Å². The van der Waals surface area contributed by atoms with Crippen LogP contribution in [0, 0.1) is 9.49 Å². The molecule has 0 aliphatic carbocycles. The molecule has 2 N–H and O–H groups in total. The number of carbonyl (C=O) groups excluding carboxylic acids is 2. The molecule has 0 spiro atoms. The van der Waals surface area contributed by atoms with Gasteiger partial charge in [0.15, 0.2) is 0 Å². The molecule has 0 heterocycles. The van der Waals surface area contributed by atoms with E-state index in [0.717, 1.165) is 3.57 Å². The molecule has 0 fully saturated rings. The Hall–Kier alpha value is -2.09. The molecule has 0 saturated carbocycles. The van der Waals surface area contributed by atoms with Gasteiger partial charge < -0.3 is 15.4 Å². The van der Waals surface area contributed by atoms with Crippen molar-refractivity contribution in [2.75, 3.05) is 17.7 Å². The Balaban J connectivity index is 2.17. The van der Waals surface area contributed by atoms with Crippen LogP contribution in [-0.4, -0.2) is 18.9 Å². The molecule has 126 valence electrons. The third-order valence-electron chi connectivity index (χ3n) is 3.33. The van der Waals surface area contributed by atoms with Crippen LogP contribution in [0.3, 0.4) is 0 Å². The quantitative estimate of drug-likeness (QED) is 0.690. The Bertz CT molecular complexity index is 760. The second kappa shape index (κ2) is 8.14. The van der Waals surface area contributed by atoms with E-state index in [-0.39, 0.29) is 17.7 Å². The fraction of sp³-hybridized carbons (Fsp3) is 0.222. The van der Waals surface area contributed by atoms with Gasteiger partial charge in [-0.3, -0.25) is 9.59 Å². The molecule has 6 heteroatoms. The Kier molecular flexibility index (Phi) is 6.19. The monoisotopic (exact) mass is 438 g/mol. The Morgan fingerprint density at radius 2 is 1.83 bits per heavy atom. The zero-order valence-corrected chi connectivity index (χ0v) is 15.9. The van der Waals surface area contributed by atoms with Crippen LogP contribution in [0.2, 0.25) is 0 Å². The average molecular weight is 438 g/mol. The first-order valence-electron chi connectivity index (χ1n) is 7.46. The van der Waals surface area contributed by atoms with Gasteiger partial charge in [0.05, 0.1) is 12.8 Å². The number of methoxy groups -OCH3 is 1. The maximum atomic E-state index is 12.3. The first kappa shape index (κ1) is 18.3. The number of rotatable bonds is 5. The molecule has 24 heavy (non-hydrogen) atoms. The number of carbonyl (C=O) groups is 2. The van der Waals surface area contributed by atoms with Crippen molar-refractivity contribution in [2.24, 2.45) is 5.92 Å². The molecule has 2 aromatic carbocycles. The average Bonchev–Trinajstić information content (AvgIpc) is 2.55. The lowest BCUT2D eigenvalue weighted by atomic mass is 10.2. The highest BCUT2D eigenvalue weighted by Gasteiger charge is 2.13. The number of ether oxygens (including phenoxy) is 1. The summed E-state index contributed by atoms with van der Waals surface area (Å²) in [5.74, 6) is 0.0672. The van der Waals surface area contributed by atoms with Crippen LogP contribution in [0.15, 0.2) is 42.5 Å². The highest BCUT2D eigenvalue weighted by Crippen LogP contribution is 2.28. The van der Waals surface area contributed by atoms with Crippen molar-refractivity contribution in [3.8, 4) is 5.75 Å². The maximum Gasteiger partial charge on any atom is 0.255 e. The minimum Gasteiger partial charge on any atom is -0.494 e. The smallest absolute Gasteiger partial charge is 0.255 e. The molecule has 0 radical (unpaired) electrons. The summed E-state index contributed by atoms with van der Waals surface area (Å²) < 4.78 is 6.30. The van der Waals surface area contributed by atoms with Crippen LogP contribution >= 0.6 is 22.6 Å². The number of benzene rings is 2. The van der Waals surface area contributed by atoms with Gasteiger partial charge in [0.25, 0.3) is 5.91 Å². The number of hydrogen-bond acceptors (Lipinski definition) is 3. The number of anilines is 2. The van der Waals surface area contributed by atoms with E-state index in [9.17, 15) is 9.59 Å². The van der Waals surface area contributed by atoms with E-state index in [0.29, 0.717) is 22.7 Å². The molecule has 0 saturated heterocycles. The van der Waals surface area contributed by atoms with Crippen molar-refractivity contribution in [1.29, 1.82) is 0 Å². The van der Waals surface area contributed by atoms with Crippen molar-refractivity contribution >= 4 is 45.8 Å². The zero-order valence-electron chi connectivity index (χ0n) is 13.7. The second-order valence-electron chi connectivity index (χ2n) is 5.52. The lowest BCUT2D eigenvalue weighted by Crippen LogP contribution is -2.18. The standard InChI is InChI=1S/C18H19IN2O3/c1-11(2)17(22)21-15-8-7-14(10-16(15)24-3)20-18(23)12-5-4-6-13(19)9-12/h4-11H,1-3H3,(H,20,23)(H,21,22). The van der Waals surface area contributed by atoms with Gasteiger partial charge in [0.2, 0.25) is 5.91 Å². The summed E-state index contributed by atoms with van der Waals surface area (Å²) in [4.78, 5) is 24.1. The fourth-order valence-electron chi connectivity index (χ4n) is 1.98. The molecule has 0 aliphatic heterocycles. The topological polar surface area (TPSA) is 67.4 Å². The van der Waals surface area contributed by atoms with Crippen molar-refractivity contribution in [3.05, 3.63) is 51.6 Å². The molecule has 2 aromatic rings. The highest BCUT2D eigenvalue weighted by molar-refractivity contribution is 14.1. The lowest BCUT2D eigenvalue weighted by Gasteiger charge is -2.14. The first-order valence-corrected chi connectivity index (χ1v) is 8.54. The van der Waals surface area contributed by atoms with E-state index in [1.165, 1.54) is 7.11 Å². The van der Waals surface area contributed by atoms with E-state index >= 15 is 0 Å². The van der Waals surface area contributed by atoms with Crippen molar-refractivity contribution < 1.29 is 14.3 Å². The number of nitrogens with one attached hydrogen (secondary N) is 2. The summed E-state index contributed by atoms with van der Waals surface area (Å²) in [5, 5.41) is 5.63. The highest BCUT2D eigenvalue weighted by atomic mass is 127. The minimum atomic E-state index is -0.200. The molecule has 0 aromatic heterocycles. The zero-order chi connectivity index (χ0) is 17.7. The molecule has 0 aliphatic rings. The van der Waals surface area contributed by atoms with Crippen LogP contribution in [0.1, 0.15) is 24.2 Å². The van der Waals surface area contributed by atoms with Crippen LogP contribution in [0.25, 0.3) is 0 Å². The molecule has 0 unspecified atom stereocenters. The number of halogens is 1. The van der Waals surface area contributed by atoms with Crippen molar-refractivity contribution in [1.82, 2.24) is 0 Å². The van der Waals surface area contributed by atoms with Gasteiger partial charge in [0, 0.05) is 26.8 Å². The van der Waals surface area contributed by atoms with E-state index < -0.39 is 0 Å². The Morgan fingerprint density at radius 1 is 1.08 bits per heavy atom. The van der Waals surface area contributed by atoms with Crippen molar-refractivity contribution in [3.63, 3.8) is 0 Å². The molecule has 0 bridgehead atoms. The van der Waals surface area contributed by atoms with Crippen LogP contribution < -0.4 is 15.4 Å². The summed E-state index contributed by atoms with van der Waals surface area (Å²) in [6.07, 6.45) is 0. The first-order chi connectivity index (χ1) is 11.4. The Morgan fingerprint density at radius 3 is 2.46 bits per heavy atom. The molecular formula is C18H19IN2O3. The van der Waals surface area contributed by atoms with E-state index in [1.54, 1.807) is 24.3 Å². The van der Waals surface area contributed by atoms with Crippen molar-refractivity contribution in [2.45, 2.75) is 13.8 Å². The number of hydrogen-bond donors (Lipinski definition) is 2. The van der Waals surface area contributed by atoms with Gasteiger partial charge in [0.1, 0.15) is 5.75 Å². The largest absolute Gasteiger partial charge is 0.494 e. The van der Waals surface area contributed by atoms with Gasteiger partial charge >= 0.3 is 0 Å². The fourth-order valence-corrected chi connectivity index (χ4v) is 2.53. The predicted octanol–water partition coefficient (Wildman–Crippen LogP) is 4.15. The summed E-state index contributed by atoms with van der Waals surface area (Å²) in [6, 6.07) is 12.4. The van der Waals surface area contributed by atoms with E-state index in [1.807, 2.05) is 32.0 Å². The summed E-state index contributed by atoms with van der Waals surface area (Å²) in [6.45, 7) is 3.63. The predicted molar refractivity (Wildman–Crippen MR) is 104 cm³/mol. The summed E-state index contributed by atoms with van der Waals surface area (Å²) in [7, 11) is 1.52. The van der Waals surface area contributed by atoms with E-state index in [2.05, 4.69) is 33.2 Å². The molecule has 5 nitrogen and oxygen atoms in total. The third-order valence-corrected chi connectivity index (χ3v) is 4.00. The Labute approximate surface area is 154 Å². The molecular weight excluding hydrogens is 419 g/mol. The third kappa shape index (κ3) is 4.70. The lowest BCUT2D eigenvalue weighted by molar-refractivity contribution is -0.118. The van der Waals surface area contributed by atoms with Gasteiger partial charge in [-0.15, -0.1) is 0 Å². The number of amides is 2.